The van der Waals surface area contributed by atoms with E-state index in [1.165, 1.54) is 18.2 Å². The van der Waals surface area contributed by atoms with Crippen molar-refractivity contribution in [3.8, 4) is 0 Å². The molecule has 1 aromatic carbocycles. The number of sulfone groups is 1. The van der Waals surface area contributed by atoms with E-state index < -0.39 is 9.84 Å². The van der Waals surface area contributed by atoms with Crippen molar-refractivity contribution in [2.45, 2.75) is 11.3 Å². The molecule has 0 aliphatic rings. The van der Waals surface area contributed by atoms with Gasteiger partial charge in [-0.25, -0.2) is 8.42 Å². The van der Waals surface area contributed by atoms with Gasteiger partial charge in [-0.2, -0.15) is 0 Å². The zero-order chi connectivity index (χ0) is 15.5. The molecule has 2 rings (SSSR count). The molecule has 1 N–H and O–H groups in total. The fourth-order valence-electron chi connectivity index (χ4n) is 1.78. The van der Waals surface area contributed by atoms with Gasteiger partial charge in [0.25, 0.3) is 5.91 Å². The third-order valence-corrected chi connectivity index (χ3v) is 4.41. The molecule has 0 fully saturated rings. The summed E-state index contributed by atoms with van der Waals surface area (Å²) in [6, 6.07) is 7.75. The van der Waals surface area contributed by atoms with Gasteiger partial charge in [-0.15, -0.1) is 0 Å². The van der Waals surface area contributed by atoms with Crippen LogP contribution in [0, 0.1) is 0 Å². The Balaban J connectivity index is 2.06. The number of amides is 1. The summed E-state index contributed by atoms with van der Waals surface area (Å²) in [4.78, 5) is 11.9. The number of benzene rings is 1. The minimum absolute atomic E-state index is 0.0529. The first kappa shape index (κ1) is 15.6. The first-order valence-corrected chi connectivity index (χ1v) is 8.45. The highest BCUT2D eigenvalue weighted by Gasteiger charge is 2.15. The van der Waals surface area contributed by atoms with Crippen LogP contribution in [-0.4, -0.2) is 27.1 Å². The van der Waals surface area contributed by atoms with Crippen molar-refractivity contribution in [1.82, 2.24) is 5.32 Å². The molecule has 0 atom stereocenters. The highest BCUT2D eigenvalue weighted by molar-refractivity contribution is 7.90. The molecule has 0 radical (unpaired) electrons. The van der Waals surface area contributed by atoms with Crippen LogP contribution in [0.5, 0.6) is 0 Å². The average molecular weight is 328 g/mol. The summed E-state index contributed by atoms with van der Waals surface area (Å²) < 4.78 is 28.3. The quantitative estimate of drug-likeness (QED) is 0.914. The molecule has 112 valence electrons. The molecule has 2 aromatic rings. The molecule has 0 unspecified atom stereocenters. The summed E-state index contributed by atoms with van der Waals surface area (Å²) in [5, 5.41) is 2.80. The third kappa shape index (κ3) is 4.09. The molecule has 1 amide bonds. The average Bonchev–Trinajstić information content (AvgIpc) is 2.91. The van der Waals surface area contributed by atoms with Gasteiger partial charge < -0.3 is 9.73 Å². The van der Waals surface area contributed by atoms with Crippen LogP contribution >= 0.6 is 11.6 Å². The zero-order valence-electron chi connectivity index (χ0n) is 11.3. The van der Waals surface area contributed by atoms with Gasteiger partial charge in [-0.3, -0.25) is 4.79 Å². The SMILES string of the molecule is CS(=O)(=O)c1cc(C(=O)NCCc2ccco2)ccc1Cl. The summed E-state index contributed by atoms with van der Waals surface area (Å²) in [7, 11) is -3.47. The van der Waals surface area contributed by atoms with E-state index in [9.17, 15) is 13.2 Å². The van der Waals surface area contributed by atoms with Crippen LogP contribution in [0.1, 0.15) is 16.1 Å². The van der Waals surface area contributed by atoms with Gasteiger partial charge in [-0.1, -0.05) is 11.6 Å². The molecule has 0 saturated heterocycles. The summed E-state index contributed by atoms with van der Waals surface area (Å²) in [5.41, 5.74) is 0.249. The van der Waals surface area contributed by atoms with E-state index in [1.807, 2.05) is 6.07 Å². The topological polar surface area (TPSA) is 76.4 Å². The maximum absolute atomic E-state index is 12.0. The van der Waals surface area contributed by atoms with E-state index in [0.29, 0.717) is 13.0 Å². The molecule has 1 aromatic heterocycles. The summed E-state index contributed by atoms with van der Waals surface area (Å²) in [6.45, 7) is 0.392. The van der Waals surface area contributed by atoms with Crippen molar-refractivity contribution in [3.05, 3.63) is 52.9 Å². The van der Waals surface area contributed by atoms with E-state index in [2.05, 4.69) is 5.32 Å². The molecule has 21 heavy (non-hydrogen) atoms. The monoisotopic (exact) mass is 327 g/mol. The van der Waals surface area contributed by atoms with Gasteiger partial charge in [0.05, 0.1) is 16.2 Å². The lowest BCUT2D eigenvalue weighted by Crippen LogP contribution is -2.25. The number of hydrogen-bond acceptors (Lipinski definition) is 4. The highest BCUT2D eigenvalue weighted by atomic mass is 35.5. The molecule has 1 heterocycles. The maximum Gasteiger partial charge on any atom is 0.251 e. The van der Waals surface area contributed by atoms with E-state index >= 15 is 0 Å². The van der Waals surface area contributed by atoms with E-state index in [-0.39, 0.29) is 21.4 Å². The Morgan fingerprint density at radius 2 is 2.10 bits per heavy atom. The van der Waals surface area contributed by atoms with Crippen molar-refractivity contribution >= 4 is 27.3 Å². The Labute approximate surface area is 127 Å². The number of nitrogens with one attached hydrogen (secondary N) is 1. The standard InChI is InChI=1S/C14H14ClNO4S/c1-21(18,19)13-9-10(4-5-12(13)15)14(17)16-7-6-11-3-2-8-20-11/h2-5,8-9H,6-7H2,1H3,(H,16,17). The van der Waals surface area contributed by atoms with Crippen LogP contribution in [0.25, 0.3) is 0 Å². The lowest BCUT2D eigenvalue weighted by Gasteiger charge is -2.07. The highest BCUT2D eigenvalue weighted by Crippen LogP contribution is 2.22. The Bertz CT molecular complexity index is 738. The minimum atomic E-state index is -3.47. The van der Waals surface area contributed by atoms with E-state index in [0.717, 1.165) is 12.0 Å². The maximum atomic E-state index is 12.0. The van der Waals surface area contributed by atoms with E-state index in [4.69, 9.17) is 16.0 Å². The van der Waals surface area contributed by atoms with Gasteiger partial charge in [0.2, 0.25) is 0 Å². The molecule has 0 bridgehead atoms. The van der Waals surface area contributed by atoms with Crippen LogP contribution in [0.3, 0.4) is 0 Å². The lowest BCUT2D eigenvalue weighted by atomic mass is 10.2. The number of furan rings is 1. The van der Waals surface area contributed by atoms with Crippen LogP contribution in [0.2, 0.25) is 5.02 Å². The normalized spacial score (nSPS) is 11.3. The van der Waals surface area contributed by atoms with Crippen LogP contribution in [0.15, 0.2) is 45.9 Å². The number of carbonyl (C=O) groups excluding carboxylic acids is 1. The minimum Gasteiger partial charge on any atom is -0.469 e. The number of hydrogen-bond donors (Lipinski definition) is 1. The summed E-state index contributed by atoms with van der Waals surface area (Å²) >= 11 is 5.83. The van der Waals surface area contributed by atoms with Crippen molar-refractivity contribution in [3.63, 3.8) is 0 Å². The molecule has 5 nitrogen and oxygen atoms in total. The van der Waals surface area contributed by atoms with Crippen molar-refractivity contribution in [1.29, 1.82) is 0 Å². The molecular formula is C14H14ClNO4S. The predicted molar refractivity (Wildman–Crippen MR) is 79.3 cm³/mol. The largest absolute Gasteiger partial charge is 0.469 e. The molecule has 0 aliphatic heterocycles. The second-order valence-corrected chi connectivity index (χ2v) is 6.89. The Morgan fingerprint density at radius 3 is 2.71 bits per heavy atom. The smallest absolute Gasteiger partial charge is 0.251 e. The first-order chi connectivity index (χ1) is 9.88. The Kier molecular flexibility index (Phi) is 4.69. The van der Waals surface area contributed by atoms with Crippen LogP contribution < -0.4 is 5.32 Å². The van der Waals surface area contributed by atoms with Crippen LogP contribution in [-0.2, 0) is 16.3 Å². The Hall–Kier alpha value is -1.79. The van der Waals surface area contributed by atoms with Gasteiger partial charge in [-0.05, 0) is 30.3 Å². The predicted octanol–water partition coefficient (Wildman–Crippen LogP) is 2.31. The fourth-order valence-corrected chi connectivity index (χ4v) is 3.09. The van der Waals surface area contributed by atoms with Crippen molar-refractivity contribution < 1.29 is 17.6 Å². The zero-order valence-corrected chi connectivity index (χ0v) is 12.9. The van der Waals surface area contributed by atoms with Gasteiger partial charge in [0.1, 0.15) is 5.76 Å². The summed E-state index contributed by atoms with van der Waals surface area (Å²) in [6.07, 6.45) is 3.17. The van der Waals surface area contributed by atoms with Crippen molar-refractivity contribution in [2.75, 3.05) is 12.8 Å². The molecule has 0 aliphatic carbocycles. The van der Waals surface area contributed by atoms with Gasteiger partial charge >= 0.3 is 0 Å². The Morgan fingerprint density at radius 1 is 1.33 bits per heavy atom. The summed E-state index contributed by atoms with van der Waals surface area (Å²) in [5.74, 6) is 0.409. The number of carbonyl (C=O) groups is 1. The molecule has 0 spiro atoms. The van der Waals surface area contributed by atoms with Crippen LogP contribution in [0.4, 0.5) is 0 Å². The third-order valence-electron chi connectivity index (χ3n) is 2.83. The van der Waals surface area contributed by atoms with Gasteiger partial charge in [0.15, 0.2) is 9.84 Å². The lowest BCUT2D eigenvalue weighted by molar-refractivity contribution is 0.0953. The number of halogens is 1. The molecular weight excluding hydrogens is 314 g/mol. The second kappa shape index (κ2) is 6.32. The van der Waals surface area contributed by atoms with Gasteiger partial charge in [0, 0.05) is 24.8 Å². The molecule has 7 heteroatoms. The first-order valence-electron chi connectivity index (χ1n) is 6.18. The number of rotatable bonds is 5. The second-order valence-electron chi connectivity index (χ2n) is 4.50. The van der Waals surface area contributed by atoms with Crippen molar-refractivity contribution in [2.24, 2.45) is 0 Å². The fraction of sp³-hybridized carbons (Fsp3) is 0.214. The molecule has 0 saturated carbocycles. The van der Waals surface area contributed by atoms with E-state index in [1.54, 1.807) is 12.3 Å².